The fourth-order valence-electron chi connectivity index (χ4n) is 1.22. The number of oxazole rings is 1. The molecule has 6 nitrogen and oxygen atoms in total. The van der Waals surface area contributed by atoms with Gasteiger partial charge in [-0.15, -0.1) is 0 Å². The topological polar surface area (TPSA) is 95.6 Å². The summed E-state index contributed by atoms with van der Waals surface area (Å²) < 4.78 is 5.00. The lowest BCUT2D eigenvalue weighted by molar-refractivity contribution is -0.121. The third-order valence-electron chi connectivity index (χ3n) is 2.01. The quantitative estimate of drug-likeness (QED) is 0.562. The van der Waals surface area contributed by atoms with Crippen LogP contribution in [0.25, 0.3) is 0 Å². The molecule has 1 amide bonds. The van der Waals surface area contributed by atoms with Gasteiger partial charge >= 0.3 is 0 Å². The summed E-state index contributed by atoms with van der Waals surface area (Å²) in [6, 6.07) is 0. The molecule has 3 N–H and O–H groups in total. The first kappa shape index (κ1) is 12.7. The molecule has 0 bridgehead atoms. The van der Waals surface area contributed by atoms with Gasteiger partial charge in [0.15, 0.2) is 12.2 Å². The molecule has 1 aromatic rings. The molecule has 90 valence electrons. The van der Waals surface area contributed by atoms with Gasteiger partial charge in [-0.25, -0.2) is 4.98 Å². The highest BCUT2D eigenvalue weighted by Gasteiger charge is 2.04. The van der Waals surface area contributed by atoms with Crippen molar-refractivity contribution in [1.82, 2.24) is 10.3 Å². The second-order valence-corrected chi connectivity index (χ2v) is 3.40. The first-order chi connectivity index (χ1) is 7.68. The number of carbonyl (C=O) groups excluding carboxylic acids is 1. The van der Waals surface area contributed by atoms with E-state index in [1.54, 1.807) is 6.20 Å². The van der Waals surface area contributed by atoms with Crippen molar-refractivity contribution in [3.05, 3.63) is 18.4 Å². The first-order valence-corrected chi connectivity index (χ1v) is 5.19. The molecule has 0 saturated carbocycles. The predicted octanol–water partition coefficient (Wildman–Crippen LogP) is -0.186. The lowest BCUT2D eigenvalue weighted by atomic mass is 10.2. The Morgan fingerprint density at radius 1 is 1.56 bits per heavy atom. The van der Waals surface area contributed by atoms with Crippen molar-refractivity contribution in [3.63, 3.8) is 0 Å². The summed E-state index contributed by atoms with van der Waals surface area (Å²) in [6.07, 6.45) is 3.24. The Balaban J connectivity index is 2.02. The third kappa shape index (κ3) is 5.47. The summed E-state index contributed by atoms with van der Waals surface area (Å²) in [5, 5.41) is 19.8. The fraction of sp³-hybridized carbons (Fsp3) is 0.600. The normalized spacial score (nSPS) is 10.7. The molecule has 0 atom stereocenters. The molecule has 6 heteroatoms. The molecule has 16 heavy (non-hydrogen) atoms. The summed E-state index contributed by atoms with van der Waals surface area (Å²) >= 11 is 0. The average Bonchev–Trinajstić information content (AvgIpc) is 2.70. The van der Waals surface area contributed by atoms with Gasteiger partial charge in [-0.2, -0.15) is 0 Å². The SMILES string of the molecule is O=C(CCCC(O)O)NCCc1ncco1. The second kappa shape index (κ2) is 6.97. The molecular formula is C10H16N2O4. The maximum atomic E-state index is 11.2. The van der Waals surface area contributed by atoms with Crippen molar-refractivity contribution in [2.45, 2.75) is 32.0 Å². The van der Waals surface area contributed by atoms with E-state index in [0.717, 1.165) is 0 Å². The van der Waals surface area contributed by atoms with E-state index in [0.29, 0.717) is 31.7 Å². The molecule has 0 spiro atoms. The van der Waals surface area contributed by atoms with Crippen LogP contribution in [0.4, 0.5) is 0 Å². The van der Waals surface area contributed by atoms with Crippen molar-refractivity contribution in [1.29, 1.82) is 0 Å². The summed E-state index contributed by atoms with van der Waals surface area (Å²) in [6.45, 7) is 0.473. The van der Waals surface area contributed by atoms with E-state index in [1.807, 2.05) is 0 Å². The van der Waals surface area contributed by atoms with Crippen LogP contribution in [0, 0.1) is 0 Å². The maximum Gasteiger partial charge on any atom is 0.220 e. The molecule has 0 aliphatic carbocycles. The van der Waals surface area contributed by atoms with E-state index in [4.69, 9.17) is 14.6 Å². The lowest BCUT2D eigenvalue weighted by Gasteiger charge is -2.04. The largest absolute Gasteiger partial charge is 0.449 e. The number of nitrogens with one attached hydrogen (secondary N) is 1. The van der Waals surface area contributed by atoms with E-state index in [2.05, 4.69) is 10.3 Å². The maximum absolute atomic E-state index is 11.2. The zero-order valence-corrected chi connectivity index (χ0v) is 8.93. The minimum absolute atomic E-state index is 0.104. The molecule has 1 aromatic heterocycles. The van der Waals surface area contributed by atoms with Crippen molar-refractivity contribution >= 4 is 5.91 Å². The molecule has 0 aliphatic rings. The van der Waals surface area contributed by atoms with Crippen molar-refractivity contribution in [2.75, 3.05) is 6.54 Å². The standard InChI is InChI=1S/C10H16N2O4/c13-8(2-1-3-10(14)15)11-5-4-9-12-6-7-16-9/h6-7,10,14-15H,1-5H2,(H,11,13). The molecule has 1 rings (SSSR count). The number of hydrogen-bond acceptors (Lipinski definition) is 5. The van der Waals surface area contributed by atoms with Gasteiger partial charge < -0.3 is 19.9 Å². The Morgan fingerprint density at radius 2 is 2.38 bits per heavy atom. The third-order valence-corrected chi connectivity index (χ3v) is 2.01. The molecule has 0 fully saturated rings. The van der Waals surface area contributed by atoms with Gasteiger partial charge in [0.2, 0.25) is 5.91 Å². The Kier molecular flexibility index (Phi) is 5.52. The van der Waals surface area contributed by atoms with Crippen LogP contribution in [0.1, 0.15) is 25.2 Å². The molecule has 0 saturated heterocycles. The van der Waals surface area contributed by atoms with Crippen LogP contribution >= 0.6 is 0 Å². The van der Waals surface area contributed by atoms with Crippen LogP contribution in [0.3, 0.4) is 0 Å². The smallest absolute Gasteiger partial charge is 0.220 e. The van der Waals surface area contributed by atoms with Gasteiger partial charge in [-0.3, -0.25) is 4.79 Å². The monoisotopic (exact) mass is 228 g/mol. The molecule has 1 heterocycles. The molecule has 0 aliphatic heterocycles. The summed E-state index contributed by atoms with van der Waals surface area (Å²) in [4.78, 5) is 15.1. The van der Waals surface area contributed by atoms with Crippen LogP contribution in [0.2, 0.25) is 0 Å². The van der Waals surface area contributed by atoms with E-state index in [-0.39, 0.29) is 12.3 Å². The van der Waals surface area contributed by atoms with Gasteiger partial charge in [-0.05, 0) is 12.8 Å². The minimum atomic E-state index is -1.33. The van der Waals surface area contributed by atoms with Gasteiger partial charge in [0.1, 0.15) is 6.26 Å². The van der Waals surface area contributed by atoms with Crippen LogP contribution in [-0.4, -0.2) is 33.9 Å². The Bertz CT molecular complexity index is 298. The number of aliphatic hydroxyl groups excluding tert-OH is 1. The summed E-state index contributed by atoms with van der Waals surface area (Å²) in [5.74, 6) is 0.485. The Morgan fingerprint density at radius 3 is 3.00 bits per heavy atom. The van der Waals surface area contributed by atoms with E-state index >= 15 is 0 Å². The number of hydrogen-bond donors (Lipinski definition) is 3. The Labute approximate surface area is 93.3 Å². The van der Waals surface area contributed by atoms with Gasteiger partial charge in [0, 0.05) is 19.4 Å². The lowest BCUT2D eigenvalue weighted by Crippen LogP contribution is -2.25. The Hall–Kier alpha value is -1.40. The molecule has 0 radical (unpaired) electrons. The molecule has 0 aromatic carbocycles. The number of amides is 1. The fourth-order valence-corrected chi connectivity index (χ4v) is 1.22. The van der Waals surface area contributed by atoms with Crippen LogP contribution < -0.4 is 5.32 Å². The van der Waals surface area contributed by atoms with Crippen LogP contribution in [0.5, 0.6) is 0 Å². The van der Waals surface area contributed by atoms with Crippen molar-refractivity contribution in [3.8, 4) is 0 Å². The molecule has 0 unspecified atom stereocenters. The van der Waals surface area contributed by atoms with Crippen LogP contribution in [0.15, 0.2) is 16.9 Å². The van der Waals surface area contributed by atoms with Gasteiger partial charge in [0.05, 0.1) is 6.20 Å². The number of rotatable bonds is 7. The highest BCUT2D eigenvalue weighted by Crippen LogP contribution is 1.98. The van der Waals surface area contributed by atoms with E-state index in [1.165, 1.54) is 6.26 Å². The van der Waals surface area contributed by atoms with E-state index in [9.17, 15) is 4.79 Å². The number of carbonyl (C=O) groups is 1. The first-order valence-electron chi connectivity index (χ1n) is 5.19. The molecular weight excluding hydrogens is 212 g/mol. The zero-order chi connectivity index (χ0) is 11.8. The predicted molar refractivity (Wildman–Crippen MR) is 55.3 cm³/mol. The highest BCUT2D eigenvalue weighted by molar-refractivity contribution is 5.75. The summed E-state index contributed by atoms with van der Waals surface area (Å²) in [5.41, 5.74) is 0. The number of aromatic nitrogens is 1. The van der Waals surface area contributed by atoms with Gasteiger partial charge in [0.25, 0.3) is 0 Å². The summed E-state index contributed by atoms with van der Waals surface area (Å²) in [7, 11) is 0. The minimum Gasteiger partial charge on any atom is -0.449 e. The zero-order valence-electron chi connectivity index (χ0n) is 8.93. The number of aliphatic hydroxyl groups is 2. The van der Waals surface area contributed by atoms with E-state index < -0.39 is 6.29 Å². The van der Waals surface area contributed by atoms with Crippen molar-refractivity contribution < 1.29 is 19.4 Å². The second-order valence-electron chi connectivity index (χ2n) is 3.40. The number of nitrogens with zero attached hydrogens (tertiary/aromatic N) is 1. The highest BCUT2D eigenvalue weighted by atomic mass is 16.5. The average molecular weight is 228 g/mol. The van der Waals surface area contributed by atoms with Crippen LogP contribution in [-0.2, 0) is 11.2 Å². The van der Waals surface area contributed by atoms with Gasteiger partial charge in [-0.1, -0.05) is 0 Å². The van der Waals surface area contributed by atoms with Crippen molar-refractivity contribution in [2.24, 2.45) is 0 Å².